The van der Waals surface area contributed by atoms with Crippen molar-refractivity contribution in [2.24, 2.45) is 5.92 Å². The Labute approximate surface area is 236 Å². The highest BCUT2D eigenvalue weighted by atomic mass is 35.5. The molecular weight excluding hydrogens is 535 g/mol. The monoisotopic (exact) mass is 564 g/mol. The first-order valence-corrected chi connectivity index (χ1v) is 14.3. The number of halogens is 2. The lowest BCUT2D eigenvalue weighted by molar-refractivity contribution is -0.131. The Morgan fingerprint density at radius 1 is 0.974 bits per heavy atom. The summed E-state index contributed by atoms with van der Waals surface area (Å²) in [5.74, 6) is 0.0333. The second-order valence-electron chi connectivity index (χ2n) is 10.1. The van der Waals surface area contributed by atoms with Crippen LogP contribution >= 0.6 is 23.4 Å². The maximum atomic E-state index is 13.9. The fourth-order valence-electron chi connectivity index (χ4n) is 4.83. The first-order chi connectivity index (χ1) is 18.8. The lowest BCUT2D eigenvalue weighted by Crippen LogP contribution is -2.51. The number of nitrogens with zero attached hydrogens (tertiary/aromatic N) is 4. The maximum Gasteiger partial charge on any atom is 0.266 e. The van der Waals surface area contributed by atoms with Crippen LogP contribution in [0.25, 0.3) is 16.6 Å². The molecule has 1 unspecified atom stereocenters. The van der Waals surface area contributed by atoms with Gasteiger partial charge in [-0.2, -0.15) is 0 Å². The van der Waals surface area contributed by atoms with E-state index in [-0.39, 0.29) is 23.2 Å². The molecule has 0 aliphatic carbocycles. The zero-order valence-electron chi connectivity index (χ0n) is 21.9. The average molecular weight is 565 g/mol. The summed E-state index contributed by atoms with van der Waals surface area (Å²) in [6.45, 7) is 6.64. The molecule has 202 valence electrons. The van der Waals surface area contributed by atoms with Gasteiger partial charge in [0, 0.05) is 36.9 Å². The van der Waals surface area contributed by atoms with Crippen molar-refractivity contribution < 1.29 is 9.18 Å². The van der Waals surface area contributed by atoms with E-state index in [2.05, 4.69) is 18.7 Å². The fourth-order valence-corrected chi connectivity index (χ4v) is 6.44. The van der Waals surface area contributed by atoms with Gasteiger partial charge in [-0.1, -0.05) is 55.4 Å². The number of fused-ring (bicyclic) bond motifs is 1. The summed E-state index contributed by atoms with van der Waals surface area (Å²) >= 11 is 7.62. The minimum absolute atomic E-state index is 0.0347. The molecule has 1 fully saturated rings. The van der Waals surface area contributed by atoms with Crippen LogP contribution in [0.2, 0.25) is 5.02 Å². The SMILES string of the molecule is CC(C)CC(Sc1nc2ccccc2c(=O)n1-c1cccc(Cl)c1)C(=O)N1CCN(c2ccc(F)cc2)CC1. The van der Waals surface area contributed by atoms with Crippen molar-refractivity contribution in [3.63, 3.8) is 0 Å². The fraction of sp³-hybridized carbons (Fsp3) is 0.300. The minimum Gasteiger partial charge on any atom is -0.368 e. The molecule has 1 aliphatic rings. The van der Waals surface area contributed by atoms with Crippen LogP contribution in [0.4, 0.5) is 10.1 Å². The summed E-state index contributed by atoms with van der Waals surface area (Å²) in [4.78, 5) is 36.5. The van der Waals surface area contributed by atoms with Gasteiger partial charge in [0.15, 0.2) is 5.16 Å². The average Bonchev–Trinajstić information content (AvgIpc) is 2.93. The van der Waals surface area contributed by atoms with Crippen LogP contribution in [-0.4, -0.2) is 51.8 Å². The van der Waals surface area contributed by atoms with Gasteiger partial charge in [0.25, 0.3) is 5.56 Å². The van der Waals surface area contributed by atoms with E-state index in [1.807, 2.05) is 29.2 Å². The number of carbonyl (C=O) groups excluding carboxylic acids is 1. The molecule has 4 aromatic rings. The van der Waals surface area contributed by atoms with Crippen molar-refractivity contribution in [1.82, 2.24) is 14.5 Å². The number of benzene rings is 3. The molecule has 1 aromatic heterocycles. The molecule has 9 heteroatoms. The number of anilines is 1. The standard InChI is InChI=1S/C30H30ClFN4O2S/c1-20(2)18-27(29(38)35-16-14-34(15-17-35)23-12-10-22(32)11-13-23)39-30-33-26-9-4-3-8-25(26)28(37)36(30)24-7-5-6-21(31)19-24/h3-13,19-20,27H,14-18H2,1-2H3. The molecule has 0 N–H and O–H groups in total. The molecule has 1 aliphatic heterocycles. The maximum absolute atomic E-state index is 13.9. The zero-order chi connectivity index (χ0) is 27.5. The minimum atomic E-state index is -0.416. The lowest BCUT2D eigenvalue weighted by Gasteiger charge is -2.37. The van der Waals surface area contributed by atoms with Crippen molar-refractivity contribution in [2.45, 2.75) is 30.7 Å². The van der Waals surface area contributed by atoms with Crippen LogP contribution in [0.15, 0.2) is 82.7 Å². The number of para-hydroxylation sites is 1. The largest absolute Gasteiger partial charge is 0.368 e. The number of amides is 1. The Balaban J connectivity index is 1.44. The van der Waals surface area contributed by atoms with E-state index in [0.717, 1.165) is 5.69 Å². The topological polar surface area (TPSA) is 58.4 Å². The molecule has 1 amide bonds. The number of piperazine rings is 1. The van der Waals surface area contributed by atoms with Gasteiger partial charge >= 0.3 is 0 Å². The summed E-state index contributed by atoms with van der Waals surface area (Å²) in [5, 5.41) is 1.06. The number of hydrogen-bond acceptors (Lipinski definition) is 5. The summed E-state index contributed by atoms with van der Waals surface area (Å²) in [5.41, 5.74) is 1.94. The Hall–Kier alpha value is -3.36. The van der Waals surface area contributed by atoms with Crippen LogP contribution in [0.3, 0.4) is 0 Å². The summed E-state index contributed by atoms with van der Waals surface area (Å²) in [6.07, 6.45) is 0.639. The van der Waals surface area contributed by atoms with Gasteiger partial charge in [-0.25, -0.2) is 9.37 Å². The quantitative estimate of drug-likeness (QED) is 0.202. The van der Waals surface area contributed by atoms with Crippen molar-refractivity contribution in [3.05, 3.63) is 94.0 Å². The predicted octanol–water partition coefficient (Wildman–Crippen LogP) is 6.03. The second kappa shape index (κ2) is 11.8. The first-order valence-electron chi connectivity index (χ1n) is 13.0. The van der Waals surface area contributed by atoms with Gasteiger partial charge in [0.1, 0.15) is 5.82 Å². The van der Waals surface area contributed by atoms with Crippen LogP contribution in [-0.2, 0) is 4.79 Å². The van der Waals surface area contributed by atoms with Gasteiger partial charge < -0.3 is 9.80 Å². The normalized spacial score (nSPS) is 14.7. The van der Waals surface area contributed by atoms with Crippen LogP contribution in [0.1, 0.15) is 20.3 Å². The molecule has 1 atom stereocenters. The zero-order valence-corrected chi connectivity index (χ0v) is 23.5. The van der Waals surface area contributed by atoms with Crippen molar-refractivity contribution in [2.75, 3.05) is 31.1 Å². The van der Waals surface area contributed by atoms with E-state index in [9.17, 15) is 14.0 Å². The number of aromatic nitrogens is 2. The molecule has 6 nitrogen and oxygen atoms in total. The van der Waals surface area contributed by atoms with Crippen molar-refractivity contribution in [3.8, 4) is 5.69 Å². The van der Waals surface area contributed by atoms with E-state index in [1.54, 1.807) is 41.0 Å². The van der Waals surface area contributed by atoms with E-state index >= 15 is 0 Å². The molecule has 39 heavy (non-hydrogen) atoms. The van der Waals surface area contributed by atoms with E-state index < -0.39 is 5.25 Å². The molecule has 1 saturated heterocycles. The van der Waals surface area contributed by atoms with Gasteiger partial charge in [-0.05, 0) is 66.9 Å². The third-order valence-electron chi connectivity index (χ3n) is 6.80. The van der Waals surface area contributed by atoms with Crippen LogP contribution in [0.5, 0.6) is 0 Å². The lowest BCUT2D eigenvalue weighted by atomic mass is 10.1. The van der Waals surface area contributed by atoms with Gasteiger partial charge in [0.2, 0.25) is 5.91 Å². The predicted molar refractivity (Wildman–Crippen MR) is 157 cm³/mol. The smallest absolute Gasteiger partial charge is 0.266 e. The molecule has 5 rings (SSSR count). The van der Waals surface area contributed by atoms with Crippen LogP contribution in [0, 0.1) is 11.7 Å². The van der Waals surface area contributed by atoms with Gasteiger partial charge in [-0.15, -0.1) is 0 Å². The summed E-state index contributed by atoms with van der Waals surface area (Å²) < 4.78 is 14.9. The molecule has 0 spiro atoms. The Morgan fingerprint density at radius 3 is 2.38 bits per heavy atom. The molecular formula is C30H30ClFN4O2S. The number of thioether (sulfide) groups is 1. The summed E-state index contributed by atoms with van der Waals surface area (Å²) in [6, 6.07) is 20.8. The van der Waals surface area contributed by atoms with Crippen molar-refractivity contribution >= 4 is 45.9 Å². The molecule has 3 aromatic carbocycles. The van der Waals surface area contributed by atoms with Gasteiger partial charge in [0.05, 0.1) is 21.8 Å². The van der Waals surface area contributed by atoms with E-state index in [1.165, 1.54) is 23.9 Å². The first kappa shape index (κ1) is 27.2. The molecule has 2 heterocycles. The Morgan fingerprint density at radius 2 is 1.69 bits per heavy atom. The van der Waals surface area contributed by atoms with Gasteiger partial charge in [-0.3, -0.25) is 14.2 Å². The second-order valence-corrected chi connectivity index (χ2v) is 11.7. The van der Waals surface area contributed by atoms with E-state index in [0.29, 0.717) is 59.4 Å². The number of hydrogen-bond donors (Lipinski definition) is 0. The molecule has 0 bridgehead atoms. The molecule has 0 radical (unpaired) electrons. The third-order valence-corrected chi connectivity index (χ3v) is 8.20. The number of carbonyl (C=O) groups is 1. The van der Waals surface area contributed by atoms with E-state index in [4.69, 9.17) is 16.6 Å². The highest BCUT2D eigenvalue weighted by molar-refractivity contribution is 8.00. The summed E-state index contributed by atoms with van der Waals surface area (Å²) in [7, 11) is 0. The van der Waals surface area contributed by atoms with Crippen molar-refractivity contribution in [1.29, 1.82) is 0 Å². The highest BCUT2D eigenvalue weighted by Crippen LogP contribution is 2.31. The highest BCUT2D eigenvalue weighted by Gasteiger charge is 2.31. The third kappa shape index (κ3) is 6.12. The van der Waals surface area contributed by atoms with Crippen LogP contribution < -0.4 is 10.5 Å². The Bertz CT molecular complexity index is 1530. The number of rotatable bonds is 7. The Kier molecular flexibility index (Phi) is 8.23. The molecule has 0 saturated carbocycles.